The second-order valence-electron chi connectivity index (χ2n) is 3.70. The number of phenols is 1. The Hall–Kier alpha value is -1.54. The molecule has 3 rings (SSSR count). The van der Waals surface area contributed by atoms with Gasteiger partial charge in [-0.15, -0.1) is 11.3 Å². The van der Waals surface area contributed by atoms with Gasteiger partial charge in [0.25, 0.3) is 0 Å². The van der Waals surface area contributed by atoms with Crippen LogP contribution in [0.5, 0.6) is 5.75 Å². The lowest BCUT2D eigenvalue weighted by Gasteiger charge is -1.96. The van der Waals surface area contributed by atoms with E-state index in [1.807, 2.05) is 6.07 Å². The predicted molar refractivity (Wildman–Crippen MR) is 65.7 cm³/mol. The van der Waals surface area contributed by atoms with Crippen LogP contribution < -0.4 is 0 Å². The highest BCUT2D eigenvalue weighted by atomic mass is 32.1. The van der Waals surface area contributed by atoms with Crippen molar-refractivity contribution < 1.29 is 5.11 Å². The number of thiophene rings is 1. The van der Waals surface area contributed by atoms with Gasteiger partial charge in [0.15, 0.2) is 0 Å². The summed E-state index contributed by atoms with van der Waals surface area (Å²) >= 11 is 1.65. The van der Waals surface area contributed by atoms with E-state index in [0.29, 0.717) is 5.75 Å². The van der Waals surface area contributed by atoms with Gasteiger partial charge < -0.3 is 5.11 Å². The number of fused-ring (bicyclic) bond motifs is 3. The molecule has 0 spiro atoms. The highest BCUT2D eigenvalue weighted by molar-refractivity contribution is 7.26. The summed E-state index contributed by atoms with van der Waals surface area (Å²) in [7, 11) is 0. The summed E-state index contributed by atoms with van der Waals surface area (Å²) < 4.78 is 2.23. The number of benzene rings is 2. The Balaban J connectivity index is 2.65. The highest BCUT2D eigenvalue weighted by Gasteiger charge is 2.08. The van der Waals surface area contributed by atoms with Crippen molar-refractivity contribution in [3.8, 4) is 5.75 Å². The highest BCUT2D eigenvalue weighted by Crippen LogP contribution is 2.39. The van der Waals surface area contributed by atoms with E-state index in [1.165, 1.54) is 15.6 Å². The zero-order chi connectivity index (χ0) is 10.4. The van der Waals surface area contributed by atoms with Gasteiger partial charge in [-0.3, -0.25) is 0 Å². The minimum absolute atomic E-state index is 0.383. The number of phenolic OH excluding ortho intramolecular Hbond substituents is 1. The van der Waals surface area contributed by atoms with E-state index in [9.17, 15) is 5.11 Å². The first kappa shape index (κ1) is 8.74. The average molecular weight is 214 g/mol. The van der Waals surface area contributed by atoms with Gasteiger partial charge in [0, 0.05) is 15.5 Å². The van der Waals surface area contributed by atoms with E-state index in [-0.39, 0.29) is 0 Å². The maximum absolute atomic E-state index is 9.77. The van der Waals surface area contributed by atoms with Crippen LogP contribution in [0.15, 0.2) is 36.4 Å². The van der Waals surface area contributed by atoms with E-state index in [4.69, 9.17) is 0 Å². The minimum atomic E-state index is 0.383. The average Bonchev–Trinajstić information content (AvgIpc) is 2.59. The van der Waals surface area contributed by atoms with Crippen LogP contribution in [0.1, 0.15) is 5.56 Å². The Morgan fingerprint density at radius 2 is 1.87 bits per heavy atom. The summed E-state index contributed by atoms with van der Waals surface area (Å²) in [6.45, 7) is 2.11. The van der Waals surface area contributed by atoms with Gasteiger partial charge in [-0.1, -0.05) is 24.3 Å². The number of hydrogen-bond donors (Lipinski definition) is 1. The second-order valence-corrected chi connectivity index (χ2v) is 4.76. The fraction of sp³-hybridized carbons (Fsp3) is 0.0769. The lowest BCUT2D eigenvalue weighted by Crippen LogP contribution is -1.72. The Kier molecular flexibility index (Phi) is 1.73. The standard InChI is InChI=1S/C13H10OS/c1-8-4-2-7-11-12(8)9-5-3-6-10(14)13(9)15-11/h2-7,14H,1H3. The summed E-state index contributed by atoms with van der Waals surface area (Å²) in [5, 5.41) is 12.2. The maximum Gasteiger partial charge on any atom is 0.133 e. The van der Waals surface area contributed by atoms with Crippen LogP contribution in [-0.2, 0) is 0 Å². The predicted octanol–water partition coefficient (Wildman–Crippen LogP) is 4.07. The molecule has 3 aromatic rings. The third-order valence-corrected chi connectivity index (χ3v) is 3.90. The Labute approximate surface area is 91.6 Å². The van der Waals surface area contributed by atoms with Crippen molar-refractivity contribution >= 4 is 31.5 Å². The molecule has 0 bridgehead atoms. The first-order valence-electron chi connectivity index (χ1n) is 4.87. The lowest BCUT2D eigenvalue weighted by atomic mass is 10.1. The van der Waals surface area contributed by atoms with Crippen LogP contribution in [0, 0.1) is 6.92 Å². The lowest BCUT2D eigenvalue weighted by molar-refractivity contribution is 0.482. The van der Waals surface area contributed by atoms with Gasteiger partial charge in [0.1, 0.15) is 5.75 Å². The number of aryl methyl sites for hydroxylation is 1. The third kappa shape index (κ3) is 1.15. The SMILES string of the molecule is Cc1cccc2sc3c(O)cccc3c12. The largest absolute Gasteiger partial charge is 0.506 e. The second kappa shape index (κ2) is 2.97. The summed E-state index contributed by atoms with van der Waals surface area (Å²) in [6.07, 6.45) is 0. The van der Waals surface area contributed by atoms with Crippen LogP contribution in [0.4, 0.5) is 0 Å². The molecule has 15 heavy (non-hydrogen) atoms. The van der Waals surface area contributed by atoms with Crippen molar-refractivity contribution in [2.45, 2.75) is 6.92 Å². The van der Waals surface area contributed by atoms with Gasteiger partial charge in [0.2, 0.25) is 0 Å². The van der Waals surface area contributed by atoms with Gasteiger partial charge in [0.05, 0.1) is 4.70 Å². The van der Waals surface area contributed by atoms with Crippen LogP contribution >= 0.6 is 11.3 Å². The Morgan fingerprint density at radius 1 is 1.07 bits per heavy atom. The number of aromatic hydroxyl groups is 1. The Bertz CT molecular complexity index is 652. The first-order valence-corrected chi connectivity index (χ1v) is 5.69. The summed E-state index contributed by atoms with van der Waals surface area (Å²) in [4.78, 5) is 0. The van der Waals surface area contributed by atoms with Gasteiger partial charge >= 0.3 is 0 Å². The van der Waals surface area contributed by atoms with Crippen LogP contribution in [0.25, 0.3) is 20.2 Å². The maximum atomic E-state index is 9.77. The van der Waals surface area contributed by atoms with Gasteiger partial charge in [-0.2, -0.15) is 0 Å². The van der Waals surface area contributed by atoms with Crippen molar-refractivity contribution in [1.29, 1.82) is 0 Å². The molecule has 1 aromatic heterocycles. The minimum Gasteiger partial charge on any atom is -0.506 e. The molecule has 0 radical (unpaired) electrons. The van der Waals surface area contributed by atoms with E-state index in [0.717, 1.165) is 10.1 Å². The van der Waals surface area contributed by atoms with Crippen LogP contribution in [-0.4, -0.2) is 5.11 Å². The molecule has 0 aliphatic rings. The zero-order valence-electron chi connectivity index (χ0n) is 8.32. The van der Waals surface area contributed by atoms with Gasteiger partial charge in [-0.25, -0.2) is 0 Å². The van der Waals surface area contributed by atoms with E-state index < -0.39 is 0 Å². The quantitative estimate of drug-likeness (QED) is 0.598. The van der Waals surface area contributed by atoms with Crippen molar-refractivity contribution in [2.75, 3.05) is 0 Å². The molecular formula is C13H10OS. The number of rotatable bonds is 0. The molecule has 0 aliphatic carbocycles. The molecule has 2 aromatic carbocycles. The fourth-order valence-corrected chi connectivity index (χ4v) is 3.20. The molecule has 0 aliphatic heterocycles. The summed E-state index contributed by atoms with van der Waals surface area (Å²) in [5.74, 6) is 0.383. The van der Waals surface area contributed by atoms with Crippen molar-refractivity contribution in [3.63, 3.8) is 0 Å². The van der Waals surface area contributed by atoms with Crippen molar-refractivity contribution in [3.05, 3.63) is 42.0 Å². The molecule has 0 fully saturated rings. The Morgan fingerprint density at radius 3 is 2.73 bits per heavy atom. The van der Waals surface area contributed by atoms with Crippen molar-refractivity contribution in [2.24, 2.45) is 0 Å². The monoisotopic (exact) mass is 214 g/mol. The molecule has 2 heteroatoms. The fourth-order valence-electron chi connectivity index (χ4n) is 2.01. The normalized spacial score (nSPS) is 11.3. The first-order chi connectivity index (χ1) is 7.27. The smallest absolute Gasteiger partial charge is 0.133 e. The van der Waals surface area contributed by atoms with E-state index in [1.54, 1.807) is 17.4 Å². The molecule has 1 heterocycles. The van der Waals surface area contributed by atoms with Crippen molar-refractivity contribution in [1.82, 2.24) is 0 Å². The summed E-state index contributed by atoms with van der Waals surface area (Å²) in [6, 6.07) is 12.0. The molecule has 0 amide bonds. The molecule has 0 saturated carbocycles. The van der Waals surface area contributed by atoms with Crippen LogP contribution in [0.3, 0.4) is 0 Å². The number of hydrogen-bond acceptors (Lipinski definition) is 2. The van der Waals surface area contributed by atoms with Gasteiger partial charge in [-0.05, 0) is 24.6 Å². The molecule has 1 N–H and O–H groups in total. The molecule has 1 nitrogen and oxygen atoms in total. The van der Waals surface area contributed by atoms with Crippen LogP contribution in [0.2, 0.25) is 0 Å². The zero-order valence-corrected chi connectivity index (χ0v) is 9.14. The van der Waals surface area contributed by atoms with E-state index >= 15 is 0 Å². The third-order valence-electron chi connectivity index (χ3n) is 2.71. The molecule has 0 saturated heterocycles. The molecular weight excluding hydrogens is 204 g/mol. The molecule has 74 valence electrons. The summed E-state index contributed by atoms with van der Waals surface area (Å²) in [5.41, 5.74) is 1.27. The topological polar surface area (TPSA) is 20.2 Å². The van der Waals surface area contributed by atoms with E-state index in [2.05, 4.69) is 31.2 Å². The molecule has 0 atom stereocenters. The molecule has 0 unspecified atom stereocenters.